The zero-order valence-corrected chi connectivity index (χ0v) is 23.1. The fraction of sp³-hybridized carbons (Fsp3) is 0.250. The van der Waals surface area contributed by atoms with Gasteiger partial charge in [-0.2, -0.15) is 21.6 Å². The highest BCUT2D eigenvalue weighted by Gasteiger charge is 2.32. The first kappa shape index (κ1) is 31.1. The van der Waals surface area contributed by atoms with E-state index in [1.807, 2.05) is 13.8 Å². The number of methoxy groups -OCH3 is 1. The number of ether oxygens (including phenoxy) is 1. The molecule has 3 rings (SSSR count). The summed E-state index contributed by atoms with van der Waals surface area (Å²) in [5.41, 5.74) is -0.180. The lowest BCUT2D eigenvalue weighted by Gasteiger charge is -2.28. The third-order valence-corrected chi connectivity index (χ3v) is 7.39. The van der Waals surface area contributed by atoms with E-state index in [1.54, 1.807) is 6.07 Å². The molecule has 1 unspecified atom stereocenters. The van der Waals surface area contributed by atoms with Gasteiger partial charge < -0.3 is 13.8 Å². The second kappa shape index (κ2) is 12.9. The summed E-state index contributed by atoms with van der Waals surface area (Å²) in [6.07, 6.45) is -1.30. The van der Waals surface area contributed by atoms with Crippen LogP contribution in [0.1, 0.15) is 37.0 Å². The van der Waals surface area contributed by atoms with Crippen LogP contribution in [0, 0.1) is 10.1 Å². The van der Waals surface area contributed by atoms with Crippen molar-refractivity contribution in [1.82, 2.24) is 4.90 Å². The number of carbonyl (C=O) groups excluding carboxylic acids is 1. The number of rotatable bonds is 11. The van der Waals surface area contributed by atoms with E-state index in [2.05, 4.69) is 0 Å². The molecule has 0 aliphatic heterocycles. The van der Waals surface area contributed by atoms with Crippen molar-refractivity contribution >= 4 is 27.8 Å². The molecule has 41 heavy (non-hydrogen) atoms. The van der Waals surface area contributed by atoms with E-state index >= 15 is 0 Å². The number of amides is 1. The van der Waals surface area contributed by atoms with Gasteiger partial charge in [-0.15, -0.1) is 0 Å². The average molecular weight is 593 g/mol. The molecule has 0 aliphatic rings. The number of alkyl halides is 3. The maximum Gasteiger partial charge on any atom is 0.416 e. The molecule has 0 spiro atoms. The first-order valence-electron chi connectivity index (χ1n) is 12.3. The SMILES string of the molecule is CCC(C)N(Cc1ccc(OC)c(OS(=O)(=O)c2cccc(C(F)(F)F)c2)c1)C(=O)/C=C/c1ccc([N+](=O)[O-])cc1. The van der Waals surface area contributed by atoms with E-state index in [0.717, 1.165) is 18.2 Å². The van der Waals surface area contributed by atoms with Gasteiger partial charge in [-0.25, -0.2) is 0 Å². The Morgan fingerprint density at radius 1 is 1.07 bits per heavy atom. The number of carbonyl (C=O) groups is 1. The van der Waals surface area contributed by atoms with Crippen LogP contribution in [0.25, 0.3) is 6.08 Å². The van der Waals surface area contributed by atoms with Crippen molar-refractivity contribution in [3.8, 4) is 11.5 Å². The number of non-ortho nitro benzene ring substituents is 1. The molecule has 3 aromatic carbocycles. The van der Waals surface area contributed by atoms with Gasteiger partial charge in [0.25, 0.3) is 5.69 Å². The highest BCUT2D eigenvalue weighted by atomic mass is 32.2. The third kappa shape index (κ3) is 8.07. The second-order valence-electron chi connectivity index (χ2n) is 8.95. The Labute approximate surface area is 235 Å². The van der Waals surface area contributed by atoms with Crippen molar-refractivity contribution < 1.29 is 40.2 Å². The van der Waals surface area contributed by atoms with Crippen LogP contribution in [-0.4, -0.2) is 37.3 Å². The normalized spacial score (nSPS) is 12.6. The van der Waals surface area contributed by atoms with Crippen LogP contribution in [0.15, 0.2) is 77.7 Å². The summed E-state index contributed by atoms with van der Waals surface area (Å²) in [6, 6.07) is 13.0. The summed E-state index contributed by atoms with van der Waals surface area (Å²) in [7, 11) is -3.40. The smallest absolute Gasteiger partial charge is 0.416 e. The van der Waals surface area contributed by atoms with Crippen LogP contribution in [0.5, 0.6) is 11.5 Å². The Hall–Kier alpha value is -4.39. The number of halogens is 3. The lowest BCUT2D eigenvalue weighted by molar-refractivity contribution is -0.384. The number of hydrogen-bond donors (Lipinski definition) is 0. The van der Waals surface area contributed by atoms with Gasteiger partial charge in [-0.05, 0) is 73.0 Å². The van der Waals surface area contributed by atoms with Gasteiger partial charge >= 0.3 is 16.3 Å². The molecule has 1 amide bonds. The van der Waals surface area contributed by atoms with E-state index in [9.17, 15) is 36.5 Å². The number of nitro benzene ring substituents is 1. The summed E-state index contributed by atoms with van der Waals surface area (Å²) < 4.78 is 75.5. The fourth-order valence-electron chi connectivity index (χ4n) is 3.72. The molecule has 0 aliphatic carbocycles. The second-order valence-corrected chi connectivity index (χ2v) is 10.5. The predicted octanol–water partition coefficient (Wildman–Crippen LogP) is 6.23. The molecule has 0 N–H and O–H groups in total. The molecule has 0 saturated carbocycles. The van der Waals surface area contributed by atoms with Crippen molar-refractivity contribution in [3.05, 3.63) is 99.6 Å². The quantitative estimate of drug-likeness (QED) is 0.112. The lowest BCUT2D eigenvalue weighted by Crippen LogP contribution is -2.36. The Kier molecular flexibility index (Phi) is 9.76. The summed E-state index contributed by atoms with van der Waals surface area (Å²) in [4.78, 5) is 24.3. The van der Waals surface area contributed by atoms with Crippen molar-refractivity contribution in [2.75, 3.05) is 7.11 Å². The fourth-order valence-corrected chi connectivity index (χ4v) is 4.70. The molecule has 1 atom stereocenters. The van der Waals surface area contributed by atoms with Crippen LogP contribution in [0.2, 0.25) is 0 Å². The number of benzene rings is 3. The Morgan fingerprint density at radius 3 is 2.34 bits per heavy atom. The molecule has 9 nitrogen and oxygen atoms in total. The van der Waals surface area contributed by atoms with Crippen LogP contribution in [-0.2, 0) is 27.6 Å². The first-order chi connectivity index (χ1) is 19.2. The Morgan fingerprint density at radius 2 is 1.76 bits per heavy atom. The van der Waals surface area contributed by atoms with Crippen LogP contribution >= 0.6 is 0 Å². The van der Waals surface area contributed by atoms with Gasteiger partial charge in [-0.1, -0.05) is 19.1 Å². The van der Waals surface area contributed by atoms with Gasteiger partial charge in [0.2, 0.25) is 5.91 Å². The third-order valence-electron chi connectivity index (χ3n) is 6.16. The maximum absolute atomic E-state index is 13.1. The highest BCUT2D eigenvalue weighted by molar-refractivity contribution is 7.87. The van der Waals surface area contributed by atoms with Crippen LogP contribution < -0.4 is 8.92 Å². The predicted molar refractivity (Wildman–Crippen MR) is 145 cm³/mol. The molecule has 218 valence electrons. The van der Waals surface area contributed by atoms with Crippen molar-refractivity contribution in [3.63, 3.8) is 0 Å². The van der Waals surface area contributed by atoms with Crippen molar-refractivity contribution in [2.24, 2.45) is 0 Å². The molecule has 0 aromatic heterocycles. The maximum atomic E-state index is 13.1. The average Bonchev–Trinajstić information content (AvgIpc) is 2.94. The monoisotopic (exact) mass is 592 g/mol. The number of hydrogen-bond acceptors (Lipinski definition) is 7. The molecule has 0 heterocycles. The first-order valence-corrected chi connectivity index (χ1v) is 13.7. The molecule has 13 heteroatoms. The molecule has 0 bridgehead atoms. The minimum absolute atomic E-state index is 0.0174. The molecule has 0 saturated heterocycles. The molecule has 0 fully saturated rings. The largest absolute Gasteiger partial charge is 0.493 e. The lowest BCUT2D eigenvalue weighted by atomic mass is 10.1. The van der Waals surface area contributed by atoms with Gasteiger partial charge in [-0.3, -0.25) is 14.9 Å². The van der Waals surface area contributed by atoms with E-state index in [0.29, 0.717) is 23.6 Å². The minimum Gasteiger partial charge on any atom is -0.493 e. The number of nitro groups is 1. The van der Waals surface area contributed by atoms with Crippen LogP contribution in [0.3, 0.4) is 0 Å². The molecule has 3 aromatic rings. The van der Waals surface area contributed by atoms with E-state index in [-0.39, 0.29) is 35.7 Å². The van der Waals surface area contributed by atoms with Gasteiger partial charge in [0.05, 0.1) is 17.6 Å². The summed E-state index contributed by atoms with van der Waals surface area (Å²) in [5.74, 6) is -0.614. The van der Waals surface area contributed by atoms with E-state index in [4.69, 9.17) is 8.92 Å². The summed E-state index contributed by atoms with van der Waals surface area (Å²) in [6.45, 7) is 3.76. The Bertz CT molecular complexity index is 1540. The topological polar surface area (TPSA) is 116 Å². The molecular formula is C28H27F3N2O7S. The van der Waals surface area contributed by atoms with E-state index < -0.39 is 31.7 Å². The van der Waals surface area contributed by atoms with Crippen molar-refractivity contribution in [2.45, 2.75) is 43.9 Å². The van der Waals surface area contributed by atoms with E-state index in [1.165, 1.54) is 60.6 Å². The summed E-state index contributed by atoms with van der Waals surface area (Å²) >= 11 is 0. The van der Waals surface area contributed by atoms with Gasteiger partial charge in [0, 0.05) is 30.8 Å². The number of nitrogens with zero attached hydrogens (tertiary/aromatic N) is 2. The standard InChI is InChI=1S/C28H27F3N2O7S/c1-4-19(2)32(27(34)15-11-20-8-12-23(13-9-20)33(35)36)18-21-10-14-25(39-3)26(16-21)40-41(37,38)24-7-5-6-22(17-24)28(29,30)31/h5-17,19H,4,18H2,1-3H3/b15-11+. The molecular weight excluding hydrogens is 565 g/mol. The minimum atomic E-state index is -4.75. The highest BCUT2D eigenvalue weighted by Crippen LogP contribution is 2.34. The molecule has 0 radical (unpaired) electrons. The van der Waals surface area contributed by atoms with Crippen molar-refractivity contribution in [1.29, 1.82) is 0 Å². The van der Waals surface area contributed by atoms with Crippen LogP contribution in [0.4, 0.5) is 18.9 Å². The zero-order chi connectivity index (χ0) is 30.4. The zero-order valence-electron chi connectivity index (χ0n) is 22.3. The van der Waals surface area contributed by atoms with Gasteiger partial charge in [0.15, 0.2) is 11.5 Å². The Balaban J connectivity index is 1.87. The summed E-state index contributed by atoms with van der Waals surface area (Å²) in [5, 5.41) is 10.8. The van der Waals surface area contributed by atoms with Gasteiger partial charge in [0.1, 0.15) is 4.90 Å².